The van der Waals surface area contributed by atoms with Crippen LogP contribution in [-0.2, 0) is 10.4 Å². The molecule has 0 aliphatic rings. The van der Waals surface area contributed by atoms with Crippen LogP contribution in [0.5, 0.6) is 23.0 Å². The normalized spacial score (nSPS) is 11.9. The Balaban J connectivity index is 1.96. The van der Waals surface area contributed by atoms with Gasteiger partial charge in [-0.15, -0.1) is 10.2 Å². The summed E-state index contributed by atoms with van der Waals surface area (Å²) in [7, 11) is -5.02. The summed E-state index contributed by atoms with van der Waals surface area (Å²) in [6.45, 7) is 0. The van der Waals surface area contributed by atoms with Crippen molar-refractivity contribution >= 4 is 49.0 Å². The maximum Gasteiger partial charge on any atom is 0.446 e. The molecule has 4 aromatic carbocycles. The monoisotopic (exact) mass is 471 g/mol. The Morgan fingerprint density at radius 2 is 1.55 bits per heavy atom. The first-order valence-corrected chi connectivity index (χ1v) is 10.4. The molecule has 0 atom stereocenters. The highest BCUT2D eigenvalue weighted by molar-refractivity contribution is 7.81. The SMILES string of the molecule is O=[N+]([O-])c1ccc2c(N=Nc3c(O)c(O)cc4ccccc34)c(O)cc(OS(=O)(=O)O)c2c1. The number of nitro groups is 1. The summed E-state index contributed by atoms with van der Waals surface area (Å²) in [6.07, 6.45) is 0. The lowest BCUT2D eigenvalue weighted by molar-refractivity contribution is -0.384. The van der Waals surface area contributed by atoms with E-state index in [1.54, 1.807) is 24.3 Å². The summed E-state index contributed by atoms with van der Waals surface area (Å²) in [6, 6.07) is 12.0. The second-order valence-electron chi connectivity index (χ2n) is 6.75. The molecule has 4 N–H and O–H groups in total. The number of phenolic OH excluding ortho intramolecular Hbond substituents is 3. The average molecular weight is 471 g/mol. The largest absolute Gasteiger partial charge is 0.505 e. The Morgan fingerprint density at radius 3 is 2.24 bits per heavy atom. The van der Waals surface area contributed by atoms with Crippen molar-refractivity contribution in [3.05, 3.63) is 64.7 Å². The summed E-state index contributed by atoms with van der Waals surface area (Å²) in [5, 5.41) is 50.5. The fourth-order valence-electron chi connectivity index (χ4n) is 3.26. The zero-order valence-corrected chi connectivity index (χ0v) is 17.1. The second kappa shape index (κ2) is 7.89. The Labute approximate surface area is 184 Å². The molecule has 0 radical (unpaired) electrons. The smallest absolute Gasteiger partial charge is 0.446 e. The van der Waals surface area contributed by atoms with Crippen LogP contribution in [0.3, 0.4) is 0 Å². The van der Waals surface area contributed by atoms with Crippen LogP contribution >= 0.6 is 0 Å². The van der Waals surface area contributed by atoms with Crippen LogP contribution in [0.25, 0.3) is 21.5 Å². The van der Waals surface area contributed by atoms with Crippen LogP contribution in [0, 0.1) is 10.1 Å². The first kappa shape index (κ1) is 21.7. The van der Waals surface area contributed by atoms with E-state index in [0.29, 0.717) is 10.8 Å². The topological polar surface area (TPSA) is 192 Å². The van der Waals surface area contributed by atoms with Gasteiger partial charge in [-0.05, 0) is 17.5 Å². The highest BCUT2D eigenvalue weighted by Gasteiger charge is 2.20. The number of nitro benzene ring substituents is 1. The van der Waals surface area contributed by atoms with Crippen molar-refractivity contribution in [1.82, 2.24) is 0 Å². The molecule has 0 saturated heterocycles. The second-order valence-corrected chi connectivity index (χ2v) is 7.78. The molecule has 0 heterocycles. The van der Waals surface area contributed by atoms with Crippen LogP contribution in [0.2, 0.25) is 0 Å². The van der Waals surface area contributed by atoms with Crippen LogP contribution in [-0.4, -0.2) is 33.2 Å². The summed E-state index contributed by atoms with van der Waals surface area (Å²) >= 11 is 0. The lowest BCUT2D eigenvalue weighted by Gasteiger charge is -2.10. The molecule has 12 nitrogen and oxygen atoms in total. The molecular formula is C20H13N3O9S. The van der Waals surface area contributed by atoms with Gasteiger partial charge in [-0.2, -0.15) is 8.42 Å². The molecule has 4 rings (SSSR count). The first-order chi connectivity index (χ1) is 15.5. The van der Waals surface area contributed by atoms with E-state index in [-0.39, 0.29) is 22.1 Å². The molecule has 0 aliphatic carbocycles. The fourth-order valence-corrected chi connectivity index (χ4v) is 3.62. The Bertz CT molecular complexity index is 1580. The van der Waals surface area contributed by atoms with Gasteiger partial charge in [0.15, 0.2) is 17.2 Å². The van der Waals surface area contributed by atoms with Gasteiger partial charge in [0.05, 0.1) is 4.92 Å². The molecule has 13 heteroatoms. The molecule has 33 heavy (non-hydrogen) atoms. The number of phenols is 3. The Kier molecular flexibility index (Phi) is 5.19. The molecule has 0 bridgehead atoms. The van der Waals surface area contributed by atoms with Crippen molar-refractivity contribution < 1.29 is 37.4 Å². The lowest BCUT2D eigenvalue weighted by atomic mass is 10.1. The van der Waals surface area contributed by atoms with Gasteiger partial charge in [0, 0.05) is 34.4 Å². The maximum absolute atomic E-state index is 11.2. The van der Waals surface area contributed by atoms with E-state index in [1.807, 2.05) is 0 Å². The lowest BCUT2D eigenvalue weighted by Crippen LogP contribution is -2.07. The van der Waals surface area contributed by atoms with E-state index in [2.05, 4.69) is 14.4 Å². The van der Waals surface area contributed by atoms with Gasteiger partial charge in [-0.25, -0.2) is 0 Å². The number of hydrogen-bond acceptors (Lipinski definition) is 10. The Hall–Kier alpha value is -4.49. The summed E-state index contributed by atoms with van der Waals surface area (Å²) in [5.74, 6) is -2.24. The summed E-state index contributed by atoms with van der Waals surface area (Å²) in [4.78, 5) is 10.4. The number of nitrogens with zero attached hydrogens (tertiary/aromatic N) is 3. The third-order valence-corrected chi connectivity index (χ3v) is 5.06. The van der Waals surface area contributed by atoms with Gasteiger partial charge in [0.1, 0.15) is 17.1 Å². The highest BCUT2D eigenvalue weighted by atomic mass is 32.3. The molecule has 0 amide bonds. The van der Waals surface area contributed by atoms with Gasteiger partial charge in [-0.1, -0.05) is 24.3 Å². The molecule has 168 valence electrons. The predicted octanol–water partition coefficient (Wildman–Crippen LogP) is 4.62. The standard InChI is InChI=1S/C20H13N3O9S/c24-15-9-17(32-33(29,30)31)14-8-11(23(27)28)5-6-13(14)18(15)21-22-19-12-4-2-1-3-10(12)7-16(25)20(19)26/h1-9,24-26H,(H,29,30,31). The van der Waals surface area contributed by atoms with E-state index < -0.39 is 44.0 Å². The summed E-state index contributed by atoms with van der Waals surface area (Å²) in [5.41, 5.74) is -0.777. The minimum Gasteiger partial charge on any atom is -0.505 e. The minimum absolute atomic E-state index is 0.00746. The fraction of sp³-hybridized carbons (Fsp3) is 0. The molecule has 0 unspecified atom stereocenters. The molecule has 0 aromatic heterocycles. The third kappa shape index (κ3) is 4.17. The number of benzene rings is 4. The number of azo groups is 1. The van der Waals surface area contributed by atoms with Crippen molar-refractivity contribution in [2.75, 3.05) is 0 Å². The molecule has 0 saturated carbocycles. The first-order valence-electron chi connectivity index (χ1n) is 9.01. The van der Waals surface area contributed by atoms with Gasteiger partial charge >= 0.3 is 10.4 Å². The number of fused-ring (bicyclic) bond motifs is 2. The molecule has 0 fully saturated rings. The van der Waals surface area contributed by atoms with Crippen molar-refractivity contribution in [2.24, 2.45) is 10.2 Å². The minimum atomic E-state index is -5.02. The number of non-ortho nitro benzene ring substituents is 1. The van der Waals surface area contributed by atoms with Gasteiger partial charge in [0.25, 0.3) is 5.69 Å². The zero-order valence-electron chi connectivity index (χ0n) is 16.3. The van der Waals surface area contributed by atoms with E-state index in [1.165, 1.54) is 12.1 Å². The van der Waals surface area contributed by atoms with Crippen molar-refractivity contribution in [3.63, 3.8) is 0 Å². The van der Waals surface area contributed by atoms with E-state index in [9.17, 15) is 33.9 Å². The van der Waals surface area contributed by atoms with Crippen molar-refractivity contribution in [3.8, 4) is 23.0 Å². The predicted molar refractivity (Wildman–Crippen MR) is 116 cm³/mol. The highest BCUT2D eigenvalue weighted by Crippen LogP contribution is 2.46. The molecule has 0 aliphatic heterocycles. The zero-order chi connectivity index (χ0) is 23.9. The molecule has 4 aromatic rings. The molecular weight excluding hydrogens is 458 g/mol. The van der Waals surface area contributed by atoms with E-state index >= 15 is 0 Å². The van der Waals surface area contributed by atoms with Gasteiger partial charge in [0.2, 0.25) is 0 Å². The Morgan fingerprint density at radius 1 is 0.848 bits per heavy atom. The number of rotatable bonds is 5. The quantitative estimate of drug-likeness (QED) is 0.106. The van der Waals surface area contributed by atoms with Gasteiger partial charge < -0.3 is 19.5 Å². The van der Waals surface area contributed by atoms with Crippen LogP contribution in [0.1, 0.15) is 0 Å². The molecule has 0 spiro atoms. The van der Waals surface area contributed by atoms with Crippen LogP contribution < -0.4 is 4.18 Å². The van der Waals surface area contributed by atoms with Crippen molar-refractivity contribution in [2.45, 2.75) is 0 Å². The van der Waals surface area contributed by atoms with Crippen LogP contribution in [0.4, 0.5) is 17.1 Å². The van der Waals surface area contributed by atoms with Crippen molar-refractivity contribution in [1.29, 1.82) is 0 Å². The van der Waals surface area contributed by atoms with E-state index in [0.717, 1.165) is 18.2 Å². The third-order valence-electron chi connectivity index (χ3n) is 4.67. The van der Waals surface area contributed by atoms with E-state index in [4.69, 9.17) is 4.55 Å². The maximum atomic E-state index is 11.2. The number of hydrogen-bond donors (Lipinski definition) is 4. The number of aromatic hydroxyl groups is 3. The summed E-state index contributed by atoms with van der Waals surface area (Å²) < 4.78 is 35.8. The van der Waals surface area contributed by atoms with Crippen LogP contribution in [0.15, 0.2) is 64.8 Å². The average Bonchev–Trinajstić information content (AvgIpc) is 2.74. The van der Waals surface area contributed by atoms with Gasteiger partial charge in [-0.3, -0.25) is 14.7 Å².